The number of rotatable bonds is 5. The van der Waals surface area contributed by atoms with Crippen LogP contribution >= 0.6 is 23.8 Å². The summed E-state index contributed by atoms with van der Waals surface area (Å²) in [6.45, 7) is 3.90. The summed E-state index contributed by atoms with van der Waals surface area (Å²) in [5.41, 5.74) is 7.57. The zero-order valence-electron chi connectivity index (χ0n) is 11.8. The summed E-state index contributed by atoms with van der Waals surface area (Å²) in [7, 11) is 1.77. The number of halogens is 1. The summed E-state index contributed by atoms with van der Waals surface area (Å²) in [5, 5.41) is 0.740. The molecule has 1 saturated heterocycles. The molecule has 0 amide bonds. The molecule has 0 spiro atoms. The summed E-state index contributed by atoms with van der Waals surface area (Å²) >= 11 is 11.3. The normalized spacial score (nSPS) is 20.0. The Bertz CT molecular complexity index is 479. The number of methoxy groups -OCH3 is 1. The van der Waals surface area contributed by atoms with Crippen molar-refractivity contribution in [2.24, 2.45) is 11.7 Å². The summed E-state index contributed by atoms with van der Waals surface area (Å²) in [4.78, 5) is 2.83. The number of ether oxygens (including phenoxy) is 1. The minimum atomic E-state index is 0.386. The van der Waals surface area contributed by atoms with Crippen LogP contribution in [0, 0.1) is 5.92 Å². The Morgan fingerprint density at radius 2 is 2.35 bits per heavy atom. The van der Waals surface area contributed by atoms with Crippen LogP contribution in [-0.4, -0.2) is 36.7 Å². The van der Waals surface area contributed by atoms with Gasteiger partial charge in [0.15, 0.2) is 0 Å². The summed E-state index contributed by atoms with van der Waals surface area (Å²) in [5.74, 6) is 0.628. The van der Waals surface area contributed by atoms with Gasteiger partial charge in [-0.25, -0.2) is 0 Å². The molecule has 5 heteroatoms. The van der Waals surface area contributed by atoms with Crippen LogP contribution in [0.4, 0.5) is 0 Å². The Kier molecular flexibility index (Phi) is 5.78. The van der Waals surface area contributed by atoms with Gasteiger partial charge in [0, 0.05) is 30.8 Å². The molecule has 20 heavy (non-hydrogen) atoms. The van der Waals surface area contributed by atoms with Gasteiger partial charge in [0.2, 0.25) is 0 Å². The number of thiocarbonyl (C=S) groups is 1. The Labute approximate surface area is 131 Å². The third kappa shape index (κ3) is 4.16. The van der Waals surface area contributed by atoms with Crippen LogP contribution in [-0.2, 0) is 11.3 Å². The van der Waals surface area contributed by atoms with Gasteiger partial charge in [0.25, 0.3) is 0 Å². The highest BCUT2D eigenvalue weighted by atomic mass is 35.5. The molecular weight excluding hydrogens is 292 g/mol. The van der Waals surface area contributed by atoms with Crippen molar-refractivity contribution in [3.63, 3.8) is 0 Å². The lowest BCUT2D eigenvalue weighted by molar-refractivity contribution is 0.0874. The Morgan fingerprint density at radius 3 is 3.00 bits per heavy atom. The van der Waals surface area contributed by atoms with Crippen LogP contribution in [0.3, 0.4) is 0 Å². The van der Waals surface area contributed by atoms with Gasteiger partial charge >= 0.3 is 0 Å². The SMILES string of the molecule is COCC1CCCN(Cc2ccc(C(N)=S)cc2Cl)C1. The molecule has 0 radical (unpaired) electrons. The number of hydrogen-bond donors (Lipinski definition) is 1. The van der Waals surface area contributed by atoms with E-state index in [1.165, 1.54) is 12.8 Å². The van der Waals surface area contributed by atoms with Gasteiger partial charge in [-0.2, -0.15) is 0 Å². The van der Waals surface area contributed by atoms with Crippen molar-refractivity contribution in [1.29, 1.82) is 0 Å². The van der Waals surface area contributed by atoms with E-state index >= 15 is 0 Å². The number of benzene rings is 1. The number of likely N-dealkylation sites (tertiary alicyclic amines) is 1. The van der Waals surface area contributed by atoms with E-state index in [2.05, 4.69) is 4.90 Å². The van der Waals surface area contributed by atoms with Crippen LogP contribution in [0.1, 0.15) is 24.0 Å². The van der Waals surface area contributed by atoms with Crippen molar-refractivity contribution in [3.8, 4) is 0 Å². The summed E-state index contributed by atoms with van der Waals surface area (Å²) in [6.07, 6.45) is 2.47. The first-order valence-electron chi connectivity index (χ1n) is 6.89. The van der Waals surface area contributed by atoms with Gasteiger partial charge in [-0.15, -0.1) is 0 Å². The fourth-order valence-corrected chi connectivity index (χ4v) is 3.10. The molecular formula is C15H21ClN2OS. The number of piperidine rings is 1. The van der Waals surface area contributed by atoms with E-state index in [0.29, 0.717) is 10.9 Å². The van der Waals surface area contributed by atoms with E-state index in [4.69, 9.17) is 34.3 Å². The molecule has 1 aliphatic heterocycles. The molecule has 1 aromatic carbocycles. The average Bonchev–Trinajstić information content (AvgIpc) is 2.42. The fourth-order valence-electron chi connectivity index (χ4n) is 2.74. The average molecular weight is 313 g/mol. The largest absolute Gasteiger partial charge is 0.389 e. The molecule has 1 unspecified atom stereocenters. The Morgan fingerprint density at radius 1 is 1.55 bits per heavy atom. The van der Waals surface area contributed by atoms with E-state index in [-0.39, 0.29) is 0 Å². The van der Waals surface area contributed by atoms with Gasteiger partial charge in [-0.1, -0.05) is 36.0 Å². The summed E-state index contributed by atoms with van der Waals surface area (Å²) in [6, 6.07) is 5.83. The quantitative estimate of drug-likeness (QED) is 0.849. The van der Waals surface area contributed by atoms with Crippen molar-refractivity contribution in [2.75, 3.05) is 26.8 Å². The fraction of sp³-hybridized carbons (Fsp3) is 0.533. The van der Waals surface area contributed by atoms with Crippen molar-refractivity contribution >= 4 is 28.8 Å². The van der Waals surface area contributed by atoms with Crippen molar-refractivity contribution in [1.82, 2.24) is 4.90 Å². The summed E-state index contributed by atoms with van der Waals surface area (Å²) < 4.78 is 5.26. The molecule has 3 nitrogen and oxygen atoms in total. The highest BCUT2D eigenvalue weighted by Gasteiger charge is 2.20. The van der Waals surface area contributed by atoms with Crippen molar-refractivity contribution in [3.05, 3.63) is 34.3 Å². The second-order valence-corrected chi connectivity index (χ2v) is 6.22. The highest BCUT2D eigenvalue weighted by Crippen LogP contribution is 2.23. The van der Waals surface area contributed by atoms with E-state index in [1.54, 1.807) is 7.11 Å². The maximum absolute atomic E-state index is 6.32. The van der Waals surface area contributed by atoms with Gasteiger partial charge in [0.1, 0.15) is 4.99 Å². The minimum absolute atomic E-state index is 0.386. The Balaban J connectivity index is 2.00. The van der Waals surface area contributed by atoms with Gasteiger partial charge in [0.05, 0.1) is 6.61 Å². The number of nitrogens with zero attached hydrogens (tertiary/aromatic N) is 1. The predicted octanol–water partition coefficient (Wildman–Crippen LogP) is 2.83. The molecule has 0 aliphatic carbocycles. The first kappa shape index (κ1) is 15.7. The molecule has 110 valence electrons. The molecule has 1 fully saturated rings. The zero-order chi connectivity index (χ0) is 14.5. The standard InChI is InChI=1S/C15H21ClN2OS/c1-19-10-11-3-2-6-18(8-11)9-13-5-4-12(15(17)20)7-14(13)16/h4-5,7,11H,2-3,6,8-10H2,1H3,(H2,17,20). The first-order chi connectivity index (χ1) is 9.60. The first-order valence-corrected chi connectivity index (χ1v) is 7.68. The minimum Gasteiger partial charge on any atom is -0.389 e. The molecule has 1 aromatic rings. The molecule has 1 aliphatic rings. The third-order valence-corrected chi connectivity index (χ3v) is 4.32. The second-order valence-electron chi connectivity index (χ2n) is 5.37. The molecule has 1 atom stereocenters. The molecule has 0 saturated carbocycles. The molecule has 2 N–H and O–H groups in total. The predicted molar refractivity (Wildman–Crippen MR) is 87.2 cm³/mol. The zero-order valence-corrected chi connectivity index (χ0v) is 13.3. The van der Waals surface area contributed by atoms with E-state index in [0.717, 1.165) is 42.4 Å². The van der Waals surface area contributed by atoms with Crippen molar-refractivity contribution < 1.29 is 4.74 Å². The van der Waals surface area contributed by atoms with Crippen molar-refractivity contribution in [2.45, 2.75) is 19.4 Å². The second kappa shape index (κ2) is 7.36. The smallest absolute Gasteiger partial charge is 0.104 e. The van der Waals surface area contributed by atoms with E-state index in [1.807, 2.05) is 18.2 Å². The maximum Gasteiger partial charge on any atom is 0.104 e. The molecule has 1 heterocycles. The lowest BCUT2D eigenvalue weighted by Crippen LogP contribution is -2.36. The van der Waals surface area contributed by atoms with Gasteiger partial charge < -0.3 is 10.5 Å². The number of hydrogen-bond acceptors (Lipinski definition) is 3. The lowest BCUT2D eigenvalue weighted by atomic mass is 9.98. The topological polar surface area (TPSA) is 38.5 Å². The maximum atomic E-state index is 6.32. The monoisotopic (exact) mass is 312 g/mol. The van der Waals surface area contributed by atoms with Crippen LogP contribution in [0.15, 0.2) is 18.2 Å². The van der Waals surface area contributed by atoms with Gasteiger partial charge in [-0.05, 0) is 36.9 Å². The van der Waals surface area contributed by atoms with Gasteiger partial charge in [-0.3, -0.25) is 4.90 Å². The van der Waals surface area contributed by atoms with E-state index in [9.17, 15) is 0 Å². The third-order valence-electron chi connectivity index (χ3n) is 3.74. The highest BCUT2D eigenvalue weighted by molar-refractivity contribution is 7.80. The van der Waals surface area contributed by atoms with E-state index < -0.39 is 0 Å². The van der Waals surface area contributed by atoms with Crippen LogP contribution in [0.25, 0.3) is 0 Å². The Hall–Kier alpha value is -0.680. The molecule has 0 bridgehead atoms. The lowest BCUT2D eigenvalue weighted by Gasteiger charge is -2.32. The number of nitrogens with two attached hydrogens (primary N) is 1. The van der Waals surface area contributed by atoms with Crippen LogP contribution < -0.4 is 5.73 Å². The molecule has 2 rings (SSSR count). The molecule has 0 aromatic heterocycles. The van der Waals surface area contributed by atoms with Crippen LogP contribution in [0.5, 0.6) is 0 Å². The van der Waals surface area contributed by atoms with Crippen LogP contribution in [0.2, 0.25) is 5.02 Å².